The van der Waals surface area contributed by atoms with Crippen molar-refractivity contribution in [1.29, 1.82) is 0 Å². The number of rotatable bonds is 18. The molecule has 0 heterocycles. The summed E-state index contributed by atoms with van der Waals surface area (Å²) in [4.78, 5) is 35.2. The van der Waals surface area contributed by atoms with Crippen LogP contribution in [0.2, 0.25) is 0 Å². The molecule has 0 fully saturated rings. The minimum atomic E-state index is -0.791. The van der Waals surface area contributed by atoms with Crippen LogP contribution in [0.1, 0.15) is 104 Å². The number of amides is 2. The molecule has 0 aliphatic heterocycles. The first-order valence-electron chi connectivity index (χ1n) is 10.8. The molecule has 0 aromatic heterocycles. The van der Waals surface area contributed by atoms with E-state index >= 15 is 0 Å². The van der Waals surface area contributed by atoms with Gasteiger partial charge in [-0.25, -0.2) is 4.79 Å². The third-order valence-electron chi connectivity index (χ3n) is 4.55. The lowest BCUT2D eigenvalue weighted by molar-refractivity contribution is -0.148. The van der Waals surface area contributed by atoms with Crippen molar-refractivity contribution < 1.29 is 19.1 Å². The molecule has 0 aromatic rings. The highest BCUT2D eigenvalue weighted by atomic mass is 16.5. The minimum absolute atomic E-state index is 0.0475. The molecule has 0 bridgehead atoms. The molecule has 2 amide bonds. The van der Waals surface area contributed by atoms with Gasteiger partial charge in [0.15, 0.2) is 0 Å². The van der Waals surface area contributed by atoms with Crippen molar-refractivity contribution in [3.63, 3.8) is 0 Å². The summed E-state index contributed by atoms with van der Waals surface area (Å²) >= 11 is 0. The van der Waals surface area contributed by atoms with Gasteiger partial charge in [0.1, 0.15) is 6.04 Å². The van der Waals surface area contributed by atoms with Crippen LogP contribution >= 0.6 is 0 Å². The maximum atomic E-state index is 12.1. The normalized spacial score (nSPS) is 11.8. The summed E-state index contributed by atoms with van der Waals surface area (Å²) in [5, 5.41) is 2.70. The molecule has 0 radical (unpaired) electrons. The second-order valence-electron chi connectivity index (χ2n) is 7.22. The van der Waals surface area contributed by atoms with Gasteiger partial charge in [0, 0.05) is 12.8 Å². The van der Waals surface area contributed by atoms with E-state index in [1.54, 1.807) is 0 Å². The molecular formula is C21H40N2O4. The van der Waals surface area contributed by atoms with Crippen LogP contribution in [0.5, 0.6) is 0 Å². The van der Waals surface area contributed by atoms with Crippen LogP contribution in [0.4, 0.5) is 0 Å². The van der Waals surface area contributed by atoms with Crippen LogP contribution in [0.25, 0.3) is 0 Å². The Balaban J connectivity index is 4.01. The summed E-state index contributed by atoms with van der Waals surface area (Å²) in [6.45, 7) is 4.55. The Bertz CT molecular complexity index is 413. The molecule has 6 nitrogen and oxygen atoms in total. The molecular weight excluding hydrogens is 344 g/mol. The van der Waals surface area contributed by atoms with Crippen LogP contribution in [0.15, 0.2) is 0 Å². The van der Waals surface area contributed by atoms with Gasteiger partial charge in [-0.1, -0.05) is 71.6 Å². The van der Waals surface area contributed by atoms with Crippen molar-refractivity contribution in [2.45, 2.75) is 110 Å². The second kappa shape index (κ2) is 17.8. The summed E-state index contributed by atoms with van der Waals surface area (Å²) in [7, 11) is 0. The molecule has 0 saturated carbocycles. The number of hydrogen-bond donors (Lipinski definition) is 2. The average Bonchev–Trinajstić information content (AvgIpc) is 2.63. The molecule has 1 atom stereocenters. The van der Waals surface area contributed by atoms with Gasteiger partial charge in [-0.2, -0.15) is 0 Å². The van der Waals surface area contributed by atoms with Crippen molar-refractivity contribution in [1.82, 2.24) is 5.32 Å². The van der Waals surface area contributed by atoms with Gasteiger partial charge in [-0.3, -0.25) is 9.59 Å². The first-order chi connectivity index (χ1) is 13.0. The van der Waals surface area contributed by atoms with Crippen molar-refractivity contribution in [2.75, 3.05) is 6.61 Å². The fourth-order valence-corrected chi connectivity index (χ4v) is 2.82. The Labute approximate surface area is 165 Å². The van der Waals surface area contributed by atoms with Crippen molar-refractivity contribution >= 4 is 17.8 Å². The zero-order chi connectivity index (χ0) is 20.3. The van der Waals surface area contributed by atoms with E-state index in [2.05, 4.69) is 12.2 Å². The van der Waals surface area contributed by atoms with E-state index < -0.39 is 17.9 Å². The van der Waals surface area contributed by atoms with Gasteiger partial charge >= 0.3 is 5.97 Å². The van der Waals surface area contributed by atoms with Gasteiger partial charge in [0.05, 0.1) is 6.61 Å². The minimum Gasteiger partial charge on any atom is -0.464 e. The number of carbonyl (C=O) groups excluding carboxylic acids is 3. The van der Waals surface area contributed by atoms with Crippen LogP contribution in [-0.4, -0.2) is 30.4 Å². The Morgan fingerprint density at radius 2 is 1.37 bits per heavy atom. The molecule has 3 N–H and O–H groups in total. The number of carbonyl (C=O) groups is 3. The number of esters is 1. The van der Waals surface area contributed by atoms with Gasteiger partial charge in [-0.15, -0.1) is 0 Å². The molecule has 6 heteroatoms. The Morgan fingerprint density at radius 3 is 1.93 bits per heavy atom. The average molecular weight is 385 g/mol. The van der Waals surface area contributed by atoms with Crippen LogP contribution in [0, 0.1) is 0 Å². The third-order valence-corrected chi connectivity index (χ3v) is 4.55. The van der Waals surface area contributed by atoms with E-state index in [9.17, 15) is 14.4 Å². The number of hydrogen-bond acceptors (Lipinski definition) is 4. The summed E-state index contributed by atoms with van der Waals surface area (Å²) in [5.74, 6) is -1.14. The van der Waals surface area contributed by atoms with E-state index in [-0.39, 0.29) is 18.7 Å². The van der Waals surface area contributed by atoms with Gasteiger partial charge in [0.2, 0.25) is 11.8 Å². The molecule has 0 spiro atoms. The molecule has 158 valence electrons. The Morgan fingerprint density at radius 1 is 0.815 bits per heavy atom. The monoisotopic (exact) mass is 384 g/mol. The number of ether oxygens (including phenoxy) is 1. The van der Waals surface area contributed by atoms with Crippen LogP contribution in [-0.2, 0) is 19.1 Å². The van der Waals surface area contributed by atoms with E-state index in [0.717, 1.165) is 32.1 Å². The Hall–Kier alpha value is -1.59. The Kier molecular flexibility index (Phi) is 16.8. The maximum absolute atomic E-state index is 12.1. The van der Waals surface area contributed by atoms with Gasteiger partial charge in [-0.05, 0) is 19.3 Å². The predicted molar refractivity (Wildman–Crippen MR) is 108 cm³/mol. The van der Waals surface area contributed by atoms with E-state index in [0.29, 0.717) is 13.0 Å². The van der Waals surface area contributed by atoms with Crippen LogP contribution < -0.4 is 11.1 Å². The fraction of sp³-hybridized carbons (Fsp3) is 0.857. The molecule has 0 aliphatic rings. The van der Waals surface area contributed by atoms with Gasteiger partial charge < -0.3 is 15.8 Å². The highest BCUT2D eigenvalue weighted by Gasteiger charge is 2.22. The largest absolute Gasteiger partial charge is 0.464 e. The lowest BCUT2D eigenvalue weighted by Gasteiger charge is -2.17. The topological polar surface area (TPSA) is 98.5 Å². The summed E-state index contributed by atoms with van der Waals surface area (Å²) in [6, 6.07) is -0.791. The predicted octanol–water partition coefficient (Wildman–Crippen LogP) is 4.00. The highest BCUT2D eigenvalue weighted by molar-refractivity contribution is 5.85. The van der Waals surface area contributed by atoms with Crippen molar-refractivity contribution in [3.8, 4) is 0 Å². The maximum Gasteiger partial charge on any atom is 0.328 e. The highest BCUT2D eigenvalue weighted by Crippen LogP contribution is 2.11. The molecule has 0 saturated heterocycles. The van der Waals surface area contributed by atoms with Gasteiger partial charge in [0.25, 0.3) is 0 Å². The van der Waals surface area contributed by atoms with Crippen molar-refractivity contribution in [3.05, 3.63) is 0 Å². The summed E-state index contributed by atoms with van der Waals surface area (Å²) in [6.07, 6.45) is 13.0. The first-order valence-corrected chi connectivity index (χ1v) is 10.8. The second-order valence-corrected chi connectivity index (χ2v) is 7.22. The first kappa shape index (κ1) is 25.4. The number of nitrogens with two attached hydrogens (primary N) is 1. The van der Waals surface area contributed by atoms with E-state index in [1.165, 1.54) is 38.5 Å². The SMILES string of the molecule is CCCCCCCCCCCC(=O)N[C@@H](CCC(N)=O)C(=O)OCCCC. The zero-order valence-electron chi connectivity index (χ0n) is 17.4. The molecule has 0 aliphatic carbocycles. The molecule has 0 aromatic carbocycles. The number of primary amides is 1. The number of nitrogens with one attached hydrogen (secondary N) is 1. The summed E-state index contributed by atoms with van der Waals surface area (Å²) < 4.78 is 5.17. The lowest BCUT2D eigenvalue weighted by atomic mass is 10.1. The molecule has 0 unspecified atom stereocenters. The standard InChI is InChI=1S/C21H40N2O4/c1-3-5-7-8-9-10-11-12-13-14-20(25)23-18(15-16-19(22)24)21(26)27-17-6-4-2/h18H,3-17H2,1-2H3,(H2,22,24)(H,23,25)/t18-/m0/s1. The van der Waals surface area contributed by atoms with Crippen molar-refractivity contribution in [2.24, 2.45) is 5.73 Å². The van der Waals surface area contributed by atoms with E-state index in [4.69, 9.17) is 10.5 Å². The van der Waals surface area contributed by atoms with Crippen LogP contribution in [0.3, 0.4) is 0 Å². The number of unbranched alkanes of at least 4 members (excludes halogenated alkanes) is 9. The molecule has 0 rings (SSSR count). The smallest absolute Gasteiger partial charge is 0.328 e. The summed E-state index contributed by atoms with van der Waals surface area (Å²) in [5.41, 5.74) is 5.15. The quantitative estimate of drug-likeness (QED) is 0.276. The van der Waals surface area contributed by atoms with E-state index in [1.807, 2.05) is 6.92 Å². The lowest BCUT2D eigenvalue weighted by Crippen LogP contribution is -2.42. The third kappa shape index (κ3) is 16.3. The fourth-order valence-electron chi connectivity index (χ4n) is 2.82. The molecule has 27 heavy (non-hydrogen) atoms. The zero-order valence-corrected chi connectivity index (χ0v) is 17.4.